The van der Waals surface area contributed by atoms with Gasteiger partial charge in [0.25, 0.3) is 5.91 Å². The number of carbonyl (C=O) groups excluding carboxylic acids is 1. The van der Waals surface area contributed by atoms with Gasteiger partial charge in [-0.1, -0.05) is 30.3 Å². The molecule has 0 unspecified atom stereocenters. The number of para-hydroxylation sites is 1. The number of amides is 1. The van der Waals surface area contributed by atoms with Crippen molar-refractivity contribution in [1.29, 1.82) is 0 Å². The van der Waals surface area contributed by atoms with Crippen LogP contribution in [-0.2, 0) is 14.3 Å². The molecular weight excluding hydrogens is 370 g/mol. The Bertz CT molecular complexity index is 804. The topological polar surface area (TPSA) is 77.0 Å². The maximum Gasteiger partial charge on any atom is 0.290 e. The van der Waals surface area contributed by atoms with Crippen LogP contribution in [0.4, 0.5) is 5.69 Å². The summed E-state index contributed by atoms with van der Waals surface area (Å²) in [5.74, 6) is 0.698. The van der Waals surface area contributed by atoms with Crippen molar-refractivity contribution in [2.75, 3.05) is 25.6 Å². The van der Waals surface area contributed by atoms with Crippen molar-refractivity contribution in [3.63, 3.8) is 0 Å². The van der Waals surface area contributed by atoms with Crippen LogP contribution in [0.1, 0.15) is 30.7 Å². The number of benzene rings is 2. The predicted molar refractivity (Wildman–Crippen MR) is 111 cm³/mol. The number of allylic oxidation sites excluding steroid dienone is 1. The van der Waals surface area contributed by atoms with E-state index in [1.54, 1.807) is 7.11 Å². The van der Waals surface area contributed by atoms with Crippen LogP contribution in [-0.4, -0.2) is 37.6 Å². The first-order chi connectivity index (χ1) is 14.2. The molecule has 0 fully saturated rings. The van der Waals surface area contributed by atoms with Crippen LogP contribution in [0.25, 0.3) is 0 Å². The fourth-order valence-electron chi connectivity index (χ4n) is 3.14. The van der Waals surface area contributed by atoms with Gasteiger partial charge in [0, 0.05) is 24.6 Å². The zero-order valence-corrected chi connectivity index (χ0v) is 16.5. The highest BCUT2D eigenvalue weighted by molar-refractivity contribution is 6.02. The standard InChI is InChI=1S/C23H27NO5/c1-27-20-11-9-17(10-12-20)18-15-21(23(26)24-19-7-3-2-4-8-19)29-22(16-18)28-14-6-5-13-25/h2-4,7-12,15,18,22,25H,5-6,13-14,16H2,1H3,(H,24,26)/t18-,22+/m0/s1. The summed E-state index contributed by atoms with van der Waals surface area (Å²) in [6.07, 6.45) is 3.33. The molecule has 1 aliphatic rings. The van der Waals surface area contributed by atoms with E-state index in [2.05, 4.69) is 5.32 Å². The number of rotatable bonds is 9. The van der Waals surface area contributed by atoms with E-state index in [9.17, 15) is 4.79 Å². The second-order valence-electron chi connectivity index (χ2n) is 6.82. The lowest BCUT2D eigenvalue weighted by Gasteiger charge is -2.29. The second kappa shape index (κ2) is 10.6. The van der Waals surface area contributed by atoms with Gasteiger partial charge in [-0.15, -0.1) is 0 Å². The van der Waals surface area contributed by atoms with Crippen LogP contribution in [0.2, 0.25) is 0 Å². The SMILES string of the molecule is COc1ccc([C@H]2C=C(C(=O)Nc3ccccc3)O[C@@H](OCCCCO)C2)cc1. The van der Waals surface area contributed by atoms with Crippen LogP contribution < -0.4 is 10.1 Å². The van der Waals surface area contributed by atoms with E-state index in [1.807, 2.05) is 60.7 Å². The first kappa shape index (κ1) is 20.9. The summed E-state index contributed by atoms with van der Waals surface area (Å²) < 4.78 is 16.9. The number of aliphatic hydroxyl groups excluding tert-OH is 1. The van der Waals surface area contributed by atoms with E-state index >= 15 is 0 Å². The predicted octanol–water partition coefficient (Wildman–Crippen LogP) is 3.84. The van der Waals surface area contributed by atoms with E-state index in [1.165, 1.54) is 0 Å². The molecule has 0 aromatic heterocycles. The van der Waals surface area contributed by atoms with Crippen LogP contribution >= 0.6 is 0 Å². The number of anilines is 1. The molecule has 1 aliphatic heterocycles. The molecule has 154 valence electrons. The Morgan fingerprint density at radius 3 is 2.59 bits per heavy atom. The molecule has 0 spiro atoms. The van der Waals surface area contributed by atoms with Gasteiger partial charge in [-0.3, -0.25) is 4.79 Å². The summed E-state index contributed by atoms with van der Waals surface area (Å²) in [5.41, 5.74) is 1.76. The number of nitrogens with one attached hydrogen (secondary N) is 1. The van der Waals surface area contributed by atoms with E-state index in [0.717, 1.165) is 17.7 Å². The monoisotopic (exact) mass is 397 g/mol. The maximum absolute atomic E-state index is 12.8. The van der Waals surface area contributed by atoms with Crippen molar-refractivity contribution in [3.05, 3.63) is 72.0 Å². The van der Waals surface area contributed by atoms with E-state index < -0.39 is 6.29 Å². The van der Waals surface area contributed by atoms with Crippen molar-refractivity contribution in [3.8, 4) is 5.75 Å². The zero-order chi connectivity index (χ0) is 20.5. The Kier molecular flexibility index (Phi) is 7.67. The Balaban J connectivity index is 1.75. The van der Waals surface area contributed by atoms with Gasteiger partial charge in [0.2, 0.25) is 6.29 Å². The lowest BCUT2D eigenvalue weighted by atomic mass is 9.93. The molecule has 3 rings (SSSR count). The average molecular weight is 397 g/mol. The first-order valence-electron chi connectivity index (χ1n) is 9.81. The fourth-order valence-corrected chi connectivity index (χ4v) is 3.14. The third-order valence-corrected chi connectivity index (χ3v) is 4.71. The average Bonchev–Trinajstić information content (AvgIpc) is 2.77. The molecule has 6 nitrogen and oxygen atoms in total. The van der Waals surface area contributed by atoms with Gasteiger partial charge in [-0.2, -0.15) is 0 Å². The summed E-state index contributed by atoms with van der Waals surface area (Å²) in [7, 11) is 1.63. The van der Waals surface area contributed by atoms with Gasteiger partial charge >= 0.3 is 0 Å². The molecular formula is C23H27NO5. The third kappa shape index (κ3) is 6.07. The number of carbonyl (C=O) groups is 1. The summed E-state index contributed by atoms with van der Waals surface area (Å²) in [6, 6.07) is 17.0. The van der Waals surface area contributed by atoms with Crippen LogP contribution in [0.5, 0.6) is 5.75 Å². The molecule has 0 saturated carbocycles. The number of hydrogen-bond donors (Lipinski definition) is 2. The smallest absolute Gasteiger partial charge is 0.290 e. The normalized spacial score (nSPS) is 18.5. The summed E-state index contributed by atoms with van der Waals surface area (Å²) in [6.45, 7) is 0.599. The van der Waals surface area contributed by atoms with Crippen molar-refractivity contribution in [2.45, 2.75) is 31.5 Å². The fraction of sp³-hybridized carbons (Fsp3) is 0.348. The van der Waals surface area contributed by atoms with Gasteiger partial charge in [-0.05, 0) is 48.7 Å². The summed E-state index contributed by atoms with van der Waals surface area (Å²) >= 11 is 0. The maximum atomic E-state index is 12.8. The molecule has 0 radical (unpaired) electrons. The Labute approximate surface area is 171 Å². The van der Waals surface area contributed by atoms with Crippen molar-refractivity contribution < 1.29 is 24.1 Å². The molecule has 0 bridgehead atoms. The highest BCUT2D eigenvalue weighted by Crippen LogP contribution is 2.32. The molecule has 29 heavy (non-hydrogen) atoms. The number of aliphatic hydroxyl groups is 1. The van der Waals surface area contributed by atoms with Gasteiger partial charge in [-0.25, -0.2) is 0 Å². The van der Waals surface area contributed by atoms with Gasteiger partial charge in [0.1, 0.15) is 5.75 Å². The number of hydrogen-bond acceptors (Lipinski definition) is 5. The van der Waals surface area contributed by atoms with Crippen LogP contribution in [0.15, 0.2) is 66.4 Å². The molecule has 2 N–H and O–H groups in total. The van der Waals surface area contributed by atoms with Crippen molar-refractivity contribution >= 4 is 11.6 Å². The minimum absolute atomic E-state index is 0.0194. The molecule has 0 saturated heterocycles. The molecule has 1 amide bonds. The van der Waals surface area contributed by atoms with Crippen LogP contribution in [0, 0.1) is 0 Å². The lowest BCUT2D eigenvalue weighted by molar-refractivity contribution is -0.143. The van der Waals surface area contributed by atoms with Gasteiger partial charge in [0.15, 0.2) is 5.76 Å². The van der Waals surface area contributed by atoms with Crippen molar-refractivity contribution in [2.24, 2.45) is 0 Å². The highest BCUT2D eigenvalue weighted by Gasteiger charge is 2.28. The Hall–Kier alpha value is -2.83. The molecule has 0 aliphatic carbocycles. The van der Waals surface area contributed by atoms with E-state index in [4.69, 9.17) is 19.3 Å². The molecule has 2 aromatic rings. The second-order valence-corrected chi connectivity index (χ2v) is 6.82. The molecule has 2 aromatic carbocycles. The minimum atomic E-state index is -0.526. The van der Waals surface area contributed by atoms with E-state index in [-0.39, 0.29) is 24.2 Å². The number of ether oxygens (including phenoxy) is 3. The van der Waals surface area contributed by atoms with Gasteiger partial charge < -0.3 is 24.6 Å². The number of methoxy groups -OCH3 is 1. The minimum Gasteiger partial charge on any atom is -0.497 e. The lowest BCUT2D eigenvalue weighted by Crippen LogP contribution is -2.29. The quantitative estimate of drug-likeness (QED) is 0.629. The van der Waals surface area contributed by atoms with Gasteiger partial charge in [0.05, 0.1) is 13.7 Å². The summed E-state index contributed by atoms with van der Waals surface area (Å²) in [5, 5.41) is 11.8. The summed E-state index contributed by atoms with van der Waals surface area (Å²) in [4.78, 5) is 12.8. The molecule has 6 heteroatoms. The number of unbranched alkanes of at least 4 members (excludes halogenated alkanes) is 1. The van der Waals surface area contributed by atoms with Crippen molar-refractivity contribution in [1.82, 2.24) is 0 Å². The van der Waals surface area contributed by atoms with E-state index in [0.29, 0.717) is 25.1 Å². The Morgan fingerprint density at radius 2 is 1.90 bits per heavy atom. The molecule has 1 heterocycles. The van der Waals surface area contributed by atoms with Crippen LogP contribution in [0.3, 0.4) is 0 Å². The third-order valence-electron chi connectivity index (χ3n) is 4.71. The zero-order valence-electron chi connectivity index (χ0n) is 16.5. The first-order valence-corrected chi connectivity index (χ1v) is 9.81. The largest absolute Gasteiger partial charge is 0.497 e. The highest BCUT2D eigenvalue weighted by atomic mass is 16.7. The molecule has 2 atom stereocenters. The Morgan fingerprint density at radius 1 is 1.14 bits per heavy atom.